The van der Waals surface area contributed by atoms with Crippen LogP contribution in [0, 0.1) is 5.92 Å². The van der Waals surface area contributed by atoms with Crippen LogP contribution in [0.5, 0.6) is 11.6 Å². The Hall–Kier alpha value is -2.99. The van der Waals surface area contributed by atoms with Gasteiger partial charge in [0, 0.05) is 36.5 Å². The molecule has 3 aromatic rings. The van der Waals surface area contributed by atoms with E-state index < -0.39 is 0 Å². The molecule has 1 saturated carbocycles. The molecular formula is C26H32N4O2. The molecule has 1 unspecified atom stereocenters. The zero-order chi connectivity index (χ0) is 22.3. The van der Waals surface area contributed by atoms with E-state index >= 15 is 0 Å². The van der Waals surface area contributed by atoms with Gasteiger partial charge in [-0.3, -0.25) is 4.98 Å². The molecule has 168 valence electrons. The summed E-state index contributed by atoms with van der Waals surface area (Å²) in [4.78, 5) is 16.5. The van der Waals surface area contributed by atoms with Gasteiger partial charge in [-0.1, -0.05) is 43.1 Å². The van der Waals surface area contributed by atoms with Crippen molar-refractivity contribution in [2.75, 3.05) is 20.7 Å². The summed E-state index contributed by atoms with van der Waals surface area (Å²) in [6.45, 7) is 3.17. The van der Waals surface area contributed by atoms with E-state index in [4.69, 9.17) is 9.57 Å². The summed E-state index contributed by atoms with van der Waals surface area (Å²) in [5.74, 6) is 1.50. The van der Waals surface area contributed by atoms with Crippen LogP contribution in [-0.2, 0) is 0 Å². The maximum atomic E-state index is 5.74. The predicted molar refractivity (Wildman–Crippen MR) is 128 cm³/mol. The lowest BCUT2D eigenvalue weighted by Gasteiger charge is -2.29. The summed E-state index contributed by atoms with van der Waals surface area (Å²) in [7, 11) is 3.93. The number of methoxy groups -OCH3 is 1. The average Bonchev–Trinajstić information content (AvgIpc) is 3.39. The van der Waals surface area contributed by atoms with Crippen molar-refractivity contribution in [2.24, 2.45) is 11.1 Å². The Morgan fingerprint density at radius 1 is 1.12 bits per heavy atom. The minimum absolute atomic E-state index is 0.243. The van der Waals surface area contributed by atoms with E-state index in [0.717, 1.165) is 40.8 Å². The third-order valence-corrected chi connectivity index (χ3v) is 6.46. The van der Waals surface area contributed by atoms with Gasteiger partial charge in [-0.15, -0.1) is 0 Å². The van der Waals surface area contributed by atoms with Crippen molar-refractivity contribution in [3.05, 3.63) is 60.6 Å². The maximum Gasteiger partial charge on any atom is 0.267 e. The summed E-state index contributed by atoms with van der Waals surface area (Å²) in [6, 6.07) is 13.2. The number of oxime groups is 1. The van der Waals surface area contributed by atoms with Gasteiger partial charge in [0.1, 0.15) is 5.75 Å². The Balaban J connectivity index is 1.66. The van der Waals surface area contributed by atoms with E-state index in [9.17, 15) is 0 Å². The van der Waals surface area contributed by atoms with Crippen molar-refractivity contribution in [3.8, 4) is 11.6 Å². The quantitative estimate of drug-likeness (QED) is 0.338. The van der Waals surface area contributed by atoms with Crippen molar-refractivity contribution in [1.82, 2.24) is 14.9 Å². The Labute approximate surface area is 190 Å². The monoisotopic (exact) mass is 432 g/mol. The van der Waals surface area contributed by atoms with Crippen molar-refractivity contribution in [3.63, 3.8) is 0 Å². The molecule has 0 amide bonds. The number of rotatable bonds is 9. The molecule has 1 aliphatic carbocycles. The average molecular weight is 433 g/mol. The summed E-state index contributed by atoms with van der Waals surface area (Å²) in [5, 5.41) is 6.90. The highest BCUT2D eigenvalue weighted by Crippen LogP contribution is 2.27. The number of hydrogen-bond acceptors (Lipinski definition) is 6. The predicted octanol–water partition coefficient (Wildman–Crippen LogP) is 5.32. The van der Waals surface area contributed by atoms with Crippen LogP contribution in [-0.4, -0.2) is 47.3 Å². The van der Waals surface area contributed by atoms with Crippen molar-refractivity contribution >= 4 is 16.5 Å². The summed E-state index contributed by atoms with van der Waals surface area (Å²) >= 11 is 0. The van der Waals surface area contributed by atoms with E-state index in [1.165, 1.54) is 25.7 Å². The molecule has 1 aromatic heterocycles. The zero-order valence-corrected chi connectivity index (χ0v) is 19.2. The molecule has 6 nitrogen and oxygen atoms in total. The molecule has 32 heavy (non-hydrogen) atoms. The molecule has 0 spiro atoms. The van der Waals surface area contributed by atoms with Gasteiger partial charge in [0.15, 0.2) is 0 Å². The summed E-state index contributed by atoms with van der Waals surface area (Å²) < 4.78 is 5.37. The van der Waals surface area contributed by atoms with E-state index in [1.54, 1.807) is 25.7 Å². The molecule has 4 rings (SSSR count). The van der Waals surface area contributed by atoms with Gasteiger partial charge >= 0.3 is 0 Å². The molecule has 2 aromatic carbocycles. The molecule has 0 saturated heterocycles. The molecule has 1 heterocycles. The van der Waals surface area contributed by atoms with Crippen LogP contribution < -0.4 is 9.57 Å². The van der Waals surface area contributed by atoms with Gasteiger partial charge in [0.05, 0.1) is 19.0 Å². The highest BCUT2D eigenvalue weighted by Gasteiger charge is 2.25. The summed E-state index contributed by atoms with van der Waals surface area (Å²) in [5.41, 5.74) is 2.01. The fourth-order valence-electron chi connectivity index (χ4n) is 4.55. The first-order valence-corrected chi connectivity index (χ1v) is 11.5. The fourth-order valence-corrected chi connectivity index (χ4v) is 4.55. The fraction of sp³-hybridized carbons (Fsp3) is 0.423. The summed E-state index contributed by atoms with van der Waals surface area (Å²) in [6.07, 6.45) is 11.0. The first-order chi connectivity index (χ1) is 15.7. The molecule has 6 heteroatoms. The van der Waals surface area contributed by atoms with Crippen LogP contribution in [0.1, 0.15) is 44.6 Å². The second-order valence-corrected chi connectivity index (χ2v) is 8.52. The number of aromatic nitrogens is 2. The Morgan fingerprint density at radius 2 is 1.91 bits per heavy atom. The number of fused-ring (bicyclic) bond motifs is 1. The van der Waals surface area contributed by atoms with E-state index in [-0.39, 0.29) is 5.92 Å². The van der Waals surface area contributed by atoms with Crippen LogP contribution in [0.3, 0.4) is 0 Å². The van der Waals surface area contributed by atoms with Crippen molar-refractivity contribution in [1.29, 1.82) is 0 Å². The van der Waals surface area contributed by atoms with Gasteiger partial charge in [0.25, 0.3) is 5.88 Å². The molecule has 1 atom stereocenters. The van der Waals surface area contributed by atoms with Crippen LogP contribution in [0.4, 0.5) is 0 Å². The number of ether oxygens (including phenoxy) is 1. The highest BCUT2D eigenvalue weighted by atomic mass is 16.6. The third-order valence-electron chi connectivity index (χ3n) is 6.46. The van der Waals surface area contributed by atoms with Gasteiger partial charge in [-0.25, -0.2) is 4.98 Å². The zero-order valence-electron chi connectivity index (χ0n) is 19.2. The van der Waals surface area contributed by atoms with Gasteiger partial charge < -0.3 is 14.5 Å². The van der Waals surface area contributed by atoms with Crippen LogP contribution in [0.2, 0.25) is 0 Å². The number of hydrogen-bond donors (Lipinski definition) is 0. The van der Waals surface area contributed by atoms with Crippen LogP contribution in [0.25, 0.3) is 10.8 Å². The lowest BCUT2D eigenvalue weighted by molar-refractivity contribution is 0.224. The van der Waals surface area contributed by atoms with Crippen LogP contribution in [0.15, 0.2) is 60.1 Å². The molecule has 0 N–H and O–H groups in total. The largest absolute Gasteiger partial charge is 0.497 e. The number of nitrogens with zero attached hydrogens (tertiary/aromatic N) is 4. The molecule has 0 aliphatic heterocycles. The molecule has 0 radical (unpaired) electrons. The van der Waals surface area contributed by atoms with E-state index in [2.05, 4.69) is 64.3 Å². The minimum atomic E-state index is 0.243. The highest BCUT2D eigenvalue weighted by molar-refractivity contribution is 6.04. The van der Waals surface area contributed by atoms with Crippen molar-refractivity contribution < 1.29 is 9.57 Å². The Morgan fingerprint density at radius 3 is 2.62 bits per heavy atom. The normalized spacial score (nSPS) is 15.9. The first kappa shape index (κ1) is 22.2. The van der Waals surface area contributed by atoms with Gasteiger partial charge in [-0.2, -0.15) is 0 Å². The molecular weight excluding hydrogens is 400 g/mol. The van der Waals surface area contributed by atoms with Gasteiger partial charge in [-0.05, 0) is 55.3 Å². The second-order valence-electron chi connectivity index (χ2n) is 8.52. The Bertz CT molecular complexity index is 1050. The molecule has 1 fully saturated rings. The Kier molecular flexibility index (Phi) is 7.32. The van der Waals surface area contributed by atoms with E-state index in [0.29, 0.717) is 11.9 Å². The smallest absolute Gasteiger partial charge is 0.267 e. The number of benzene rings is 2. The topological polar surface area (TPSA) is 59.8 Å². The van der Waals surface area contributed by atoms with Gasteiger partial charge in [0.2, 0.25) is 0 Å². The molecule has 0 bridgehead atoms. The lowest BCUT2D eigenvalue weighted by Crippen LogP contribution is -2.36. The third kappa shape index (κ3) is 5.25. The van der Waals surface area contributed by atoms with Crippen LogP contribution >= 0.6 is 0 Å². The second kappa shape index (κ2) is 10.6. The minimum Gasteiger partial charge on any atom is -0.497 e. The van der Waals surface area contributed by atoms with E-state index in [1.807, 2.05) is 6.07 Å². The maximum absolute atomic E-state index is 5.74. The molecule has 1 aliphatic rings. The first-order valence-electron chi connectivity index (χ1n) is 11.5. The van der Waals surface area contributed by atoms with Crippen molar-refractivity contribution in [2.45, 2.75) is 45.1 Å². The lowest BCUT2D eigenvalue weighted by atomic mass is 9.92. The standard InChI is InChI=1S/C26H32N4O2/c1-4-19(18-30(2)23-7-5-6-8-23)26(29-32-25-17-27-13-14-28-25)22-10-9-21-16-24(31-3)12-11-20(21)15-22/h9-17,19,23H,4-8,18H2,1-3H3/b29-26+. The SMILES string of the molecule is CCC(CN(C)C1CCCC1)/C(=N\Oc1cnccn1)c1ccc2cc(OC)ccc2c1.